The second-order valence-electron chi connectivity index (χ2n) is 6.41. The molecule has 0 bridgehead atoms. The first kappa shape index (κ1) is 15.1. The number of amides is 1. The molecule has 1 amide bonds. The summed E-state index contributed by atoms with van der Waals surface area (Å²) in [4.78, 5) is 14.8. The van der Waals surface area contributed by atoms with Crippen molar-refractivity contribution >= 4 is 23.1 Å². The molecule has 0 aliphatic heterocycles. The molecule has 0 unspecified atom stereocenters. The summed E-state index contributed by atoms with van der Waals surface area (Å²) >= 11 is 0. The van der Waals surface area contributed by atoms with Crippen LogP contribution < -0.4 is 11.1 Å². The molecule has 0 atom stereocenters. The van der Waals surface area contributed by atoms with Crippen molar-refractivity contribution in [1.29, 1.82) is 0 Å². The number of aromatic nitrogens is 3. The lowest BCUT2D eigenvalue weighted by Crippen LogP contribution is -2.15. The normalized spacial score (nSPS) is 11.8. The van der Waals surface area contributed by atoms with Crippen LogP contribution in [0, 0.1) is 5.82 Å². The lowest BCUT2D eigenvalue weighted by atomic mass is 9.92. The second kappa shape index (κ2) is 5.12. The monoisotopic (exact) mass is 315 g/mol. The van der Waals surface area contributed by atoms with Crippen molar-refractivity contribution in [3.05, 3.63) is 47.5 Å². The fourth-order valence-electron chi connectivity index (χ4n) is 2.43. The minimum atomic E-state index is -0.546. The topological polar surface area (TPSA) is 88.2 Å². The quantitative estimate of drug-likeness (QED) is 0.694. The highest BCUT2D eigenvalue weighted by Crippen LogP contribution is 2.32. The Kier molecular flexibility index (Phi) is 3.35. The van der Waals surface area contributed by atoms with Crippen molar-refractivity contribution in [2.24, 2.45) is 5.73 Å². The first-order chi connectivity index (χ1) is 10.8. The van der Waals surface area contributed by atoms with Crippen LogP contribution in [0.15, 0.2) is 30.5 Å². The molecule has 120 valence electrons. The van der Waals surface area contributed by atoms with E-state index in [0.29, 0.717) is 22.7 Å². The summed E-state index contributed by atoms with van der Waals surface area (Å²) < 4.78 is 14.7. The molecule has 4 N–H and O–H groups in total. The lowest BCUT2D eigenvalue weighted by Gasteiger charge is -2.19. The molecular formula is C16H18FN5O. The number of halogens is 1. The van der Waals surface area contributed by atoms with Gasteiger partial charge in [0.15, 0.2) is 5.82 Å². The van der Waals surface area contributed by atoms with E-state index in [1.165, 1.54) is 18.3 Å². The van der Waals surface area contributed by atoms with Gasteiger partial charge in [-0.05, 0) is 24.3 Å². The average molecular weight is 315 g/mol. The number of primary amides is 1. The maximum Gasteiger partial charge on any atom is 0.254 e. The van der Waals surface area contributed by atoms with Crippen LogP contribution in [0.3, 0.4) is 0 Å². The zero-order chi connectivity index (χ0) is 16.8. The molecule has 1 aromatic carbocycles. The Morgan fingerprint density at radius 2 is 1.96 bits per heavy atom. The molecule has 3 rings (SSSR count). The fourth-order valence-corrected chi connectivity index (χ4v) is 2.43. The van der Waals surface area contributed by atoms with Gasteiger partial charge >= 0.3 is 0 Å². The van der Waals surface area contributed by atoms with Crippen molar-refractivity contribution in [2.45, 2.75) is 26.2 Å². The van der Waals surface area contributed by atoms with E-state index in [1.807, 2.05) is 20.8 Å². The van der Waals surface area contributed by atoms with Crippen LogP contribution in [-0.4, -0.2) is 20.5 Å². The predicted molar refractivity (Wildman–Crippen MR) is 86.4 cm³/mol. The largest absolute Gasteiger partial charge is 0.365 e. The maximum absolute atomic E-state index is 13.1. The molecule has 0 aliphatic rings. The van der Waals surface area contributed by atoms with E-state index >= 15 is 0 Å². The minimum Gasteiger partial charge on any atom is -0.365 e. The number of carbonyl (C=O) groups excluding carboxylic acids is 1. The van der Waals surface area contributed by atoms with E-state index in [4.69, 9.17) is 5.73 Å². The van der Waals surface area contributed by atoms with Crippen molar-refractivity contribution in [1.82, 2.24) is 14.6 Å². The van der Waals surface area contributed by atoms with E-state index in [2.05, 4.69) is 15.4 Å². The molecule has 0 spiro atoms. The van der Waals surface area contributed by atoms with Gasteiger partial charge in [0, 0.05) is 11.1 Å². The number of rotatable bonds is 3. The van der Waals surface area contributed by atoms with Gasteiger partial charge in [0.2, 0.25) is 0 Å². The Hall–Kier alpha value is -2.83. The summed E-state index contributed by atoms with van der Waals surface area (Å²) in [6, 6.07) is 6.03. The van der Waals surface area contributed by atoms with Gasteiger partial charge in [0.25, 0.3) is 5.91 Å². The number of nitrogens with two attached hydrogens (primary N) is 1. The van der Waals surface area contributed by atoms with Gasteiger partial charge in [-0.25, -0.2) is 4.39 Å². The molecule has 2 aromatic heterocycles. The number of benzene rings is 1. The molecule has 23 heavy (non-hydrogen) atoms. The summed E-state index contributed by atoms with van der Waals surface area (Å²) in [5, 5.41) is 7.47. The number of carbonyl (C=O) groups is 1. The number of nitrogens with one attached hydrogen (secondary N) is 2. The van der Waals surface area contributed by atoms with Crippen molar-refractivity contribution < 1.29 is 9.18 Å². The van der Waals surface area contributed by atoms with Crippen LogP contribution in [-0.2, 0) is 5.41 Å². The van der Waals surface area contributed by atoms with Gasteiger partial charge < -0.3 is 16.0 Å². The predicted octanol–water partition coefficient (Wildman–Crippen LogP) is 2.94. The zero-order valence-electron chi connectivity index (χ0n) is 13.1. The Morgan fingerprint density at radius 1 is 1.30 bits per heavy atom. The minimum absolute atomic E-state index is 0.224. The highest BCUT2D eigenvalue weighted by Gasteiger charge is 2.26. The molecular weight excluding hydrogens is 297 g/mol. The van der Waals surface area contributed by atoms with Gasteiger partial charge in [0.05, 0.1) is 11.9 Å². The van der Waals surface area contributed by atoms with Gasteiger partial charge in [0.1, 0.15) is 17.0 Å². The molecule has 0 saturated carbocycles. The molecule has 0 saturated heterocycles. The van der Waals surface area contributed by atoms with Crippen LogP contribution in [0.2, 0.25) is 0 Å². The van der Waals surface area contributed by atoms with Crippen LogP contribution >= 0.6 is 0 Å². The first-order valence-electron chi connectivity index (χ1n) is 7.20. The molecule has 0 aliphatic carbocycles. The number of aromatic amines is 1. The molecule has 2 heterocycles. The van der Waals surface area contributed by atoms with Crippen LogP contribution in [0.4, 0.5) is 15.9 Å². The molecule has 3 aromatic rings. The molecule has 0 radical (unpaired) electrons. The van der Waals surface area contributed by atoms with E-state index in [1.54, 1.807) is 16.6 Å². The number of H-pyrrole nitrogens is 1. The molecule has 0 fully saturated rings. The van der Waals surface area contributed by atoms with Gasteiger partial charge in [-0.3, -0.25) is 4.79 Å². The summed E-state index contributed by atoms with van der Waals surface area (Å²) in [5.41, 5.74) is 7.60. The standard InChI is InChI=1S/C16H18FN5O/c1-16(2,3)12-15(20-10-6-4-9(17)5-7-10)22-14(21-12)11(8-19-22)13(18)23/h4-8,20-21H,1-3H3,(H2,18,23). The van der Waals surface area contributed by atoms with Gasteiger partial charge in [-0.2, -0.15) is 9.61 Å². The number of anilines is 2. The number of hydrogen-bond acceptors (Lipinski definition) is 3. The Balaban J connectivity index is 2.16. The number of hydrogen-bond donors (Lipinski definition) is 3. The van der Waals surface area contributed by atoms with Crippen LogP contribution in [0.25, 0.3) is 5.65 Å². The summed E-state index contributed by atoms with van der Waals surface area (Å²) in [7, 11) is 0. The number of fused-ring (bicyclic) bond motifs is 1. The number of nitrogens with zero attached hydrogens (tertiary/aromatic N) is 2. The fraction of sp³-hybridized carbons (Fsp3) is 0.250. The Bertz CT molecular complexity index is 870. The van der Waals surface area contributed by atoms with Crippen molar-refractivity contribution in [2.75, 3.05) is 5.32 Å². The van der Waals surface area contributed by atoms with E-state index in [0.717, 1.165) is 5.69 Å². The maximum atomic E-state index is 13.1. The Labute approximate surface area is 132 Å². The first-order valence-corrected chi connectivity index (χ1v) is 7.20. The van der Waals surface area contributed by atoms with Gasteiger partial charge in [-0.1, -0.05) is 20.8 Å². The van der Waals surface area contributed by atoms with Crippen LogP contribution in [0.5, 0.6) is 0 Å². The SMILES string of the molecule is CC(C)(C)c1[nH]c2c(C(N)=O)cnn2c1Nc1ccc(F)cc1. The van der Waals surface area contributed by atoms with E-state index in [9.17, 15) is 9.18 Å². The molecule has 6 nitrogen and oxygen atoms in total. The third-order valence-electron chi connectivity index (χ3n) is 3.58. The Morgan fingerprint density at radius 3 is 2.52 bits per heavy atom. The highest BCUT2D eigenvalue weighted by molar-refractivity contribution is 5.99. The summed E-state index contributed by atoms with van der Waals surface area (Å²) in [5.74, 6) is -0.164. The van der Waals surface area contributed by atoms with E-state index in [-0.39, 0.29) is 11.2 Å². The highest BCUT2D eigenvalue weighted by atomic mass is 19.1. The zero-order valence-corrected chi connectivity index (χ0v) is 13.1. The van der Waals surface area contributed by atoms with Crippen molar-refractivity contribution in [3.63, 3.8) is 0 Å². The lowest BCUT2D eigenvalue weighted by molar-refractivity contribution is 0.100. The third kappa shape index (κ3) is 2.65. The smallest absolute Gasteiger partial charge is 0.254 e. The molecule has 7 heteroatoms. The number of imidazole rings is 1. The van der Waals surface area contributed by atoms with E-state index < -0.39 is 5.91 Å². The van der Waals surface area contributed by atoms with Crippen LogP contribution in [0.1, 0.15) is 36.8 Å². The summed E-state index contributed by atoms with van der Waals surface area (Å²) in [6.45, 7) is 6.12. The average Bonchev–Trinajstić information content (AvgIpc) is 3.00. The van der Waals surface area contributed by atoms with Crippen molar-refractivity contribution in [3.8, 4) is 0 Å². The second-order valence-corrected chi connectivity index (χ2v) is 6.41. The van der Waals surface area contributed by atoms with Gasteiger partial charge in [-0.15, -0.1) is 0 Å². The summed E-state index contributed by atoms with van der Waals surface area (Å²) in [6.07, 6.45) is 1.43. The third-order valence-corrected chi connectivity index (χ3v) is 3.58.